The van der Waals surface area contributed by atoms with E-state index in [0.29, 0.717) is 37.3 Å². The molecule has 0 spiro atoms. The van der Waals surface area contributed by atoms with E-state index in [2.05, 4.69) is 9.97 Å². The van der Waals surface area contributed by atoms with Crippen molar-refractivity contribution in [2.45, 2.75) is 39.2 Å². The van der Waals surface area contributed by atoms with Crippen LogP contribution < -0.4 is 10.5 Å². The highest BCUT2D eigenvalue weighted by Crippen LogP contribution is 2.20. The summed E-state index contributed by atoms with van der Waals surface area (Å²) in [4.78, 5) is 21.7. The Hall–Kier alpha value is -2.05. The fourth-order valence-electron chi connectivity index (χ4n) is 2.20. The van der Waals surface area contributed by atoms with Crippen molar-refractivity contribution in [2.24, 2.45) is 5.92 Å². The molecule has 7 heteroatoms. The minimum absolute atomic E-state index is 0.242. The molecule has 0 bridgehead atoms. The zero-order valence-electron chi connectivity index (χ0n) is 13.4. The molecule has 1 aliphatic heterocycles. The van der Waals surface area contributed by atoms with Crippen molar-refractivity contribution in [3.8, 4) is 6.01 Å². The van der Waals surface area contributed by atoms with E-state index >= 15 is 0 Å². The molecular weight excluding hydrogens is 284 g/mol. The van der Waals surface area contributed by atoms with Gasteiger partial charge in [0.1, 0.15) is 5.60 Å². The first-order valence-corrected chi connectivity index (χ1v) is 7.52. The molecule has 2 N–H and O–H groups in total. The van der Waals surface area contributed by atoms with Crippen LogP contribution in [-0.4, -0.2) is 46.3 Å². The van der Waals surface area contributed by atoms with E-state index in [1.165, 1.54) is 12.4 Å². The number of carbonyl (C=O) groups excluding carboxylic acids is 1. The monoisotopic (exact) mass is 308 g/mol. The van der Waals surface area contributed by atoms with Crippen molar-refractivity contribution in [3.63, 3.8) is 0 Å². The molecule has 22 heavy (non-hydrogen) atoms. The summed E-state index contributed by atoms with van der Waals surface area (Å²) in [6.07, 6.45) is 4.57. The van der Waals surface area contributed by atoms with Gasteiger partial charge in [-0.3, -0.25) is 0 Å². The van der Waals surface area contributed by atoms with Gasteiger partial charge in [-0.15, -0.1) is 0 Å². The Labute approximate surface area is 130 Å². The molecule has 0 radical (unpaired) electrons. The highest BCUT2D eigenvalue weighted by Gasteiger charge is 2.27. The molecule has 2 rings (SSSR count). The minimum Gasteiger partial charge on any atom is -0.463 e. The lowest BCUT2D eigenvalue weighted by Crippen LogP contribution is -2.42. The SMILES string of the molecule is CC(C)(C)OC(=O)N1CCC(COc2ncc(N)cn2)CC1. The van der Waals surface area contributed by atoms with Crippen LogP contribution in [0.25, 0.3) is 0 Å². The van der Waals surface area contributed by atoms with E-state index in [4.69, 9.17) is 15.2 Å². The predicted octanol–water partition coefficient (Wildman–Crippen LogP) is 2.08. The molecule has 122 valence electrons. The molecular formula is C15H24N4O3. The number of nitrogen functional groups attached to an aromatic ring is 1. The van der Waals surface area contributed by atoms with Gasteiger partial charge >= 0.3 is 12.1 Å². The van der Waals surface area contributed by atoms with E-state index in [9.17, 15) is 4.79 Å². The first kappa shape index (κ1) is 16.3. The first-order chi connectivity index (χ1) is 10.3. The zero-order valence-corrected chi connectivity index (χ0v) is 13.4. The molecule has 1 amide bonds. The number of nitrogens with zero attached hydrogens (tertiary/aromatic N) is 3. The van der Waals surface area contributed by atoms with Gasteiger partial charge in [-0.25, -0.2) is 14.8 Å². The van der Waals surface area contributed by atoms with Crippen LogP contribution in [-0.2, 0) is 4.74 Å². The number of amides is 1. The Balaban J connectivity index is 1.73. The number of rotatable bonds is 3. The van der Waals surface area contributed by atoms with Crippen molar-refractivity contribution in [1.29, 1.82) is 0 Å². The molecule has 1 aliphatic rings. The number of nitrogens with two attached hydrogens (primary N) is 1. The second kappa shape index (κ2) is 6.81. The maximum Gasteiger partial charge on any atom is 0.410 e. The average Bonchev–Trinajstić information content (AvgIpc) is 2.45. The van der Waals surface area contributed by atoms with Crippen LogP contribution in [0.5, 0.6) is 6.01 Å². The lowest BCUT2D eigenvalue weighted by Gasteiger charge is -2.33. The van der Waals surface area contributed by atoms with E-state index < -0.39 is 5.60 Å². The Bertz CT molecular complexity index is 491. The molecule has 0 aliphatic carbocycles. The predicted molar refractivity (Wildman–Crippen MR) is 82.5 cm³/mol. The van der Waals surface area contributed by atoms with E-state index in [0.717, 1.165) is 12.8 Å². The summed E-state index contributed by atoms with van der Waals surface area (Å²) in [5.41, 5.74) is 5.58. The lowest BCUT2D eigenvalue weighted by atomic mass is 9.98. The van der Waals surface area contributed by atoms with E-state index in [1.807, 2.05) is 20.8 Å². The van der Waals surface area contributed by atoms with Crippen molar-refractivity contribution >= 4 is 11.8 Å². The molecule has 1 saturated heterocycles. The lowest BCUT2D eigenvalue weighted by molar-refractivity contribution is 0.0163. The van der Waals surface area contributed by atoms with Crippen LogP contribution in [0.1, 0.15) is 33.6 Å². The Morgan fingerprint density at radius 1 is 1.32 bits per heavy atom. The standard InChI is InChI=1S/C15H24N4O3/c1-15(2,3)22-14(20)19-6-4-11(5-7-19)10-21-13-17-8-12(16)9-18-13/h8-9,11H,4-7,10,16H2,1-3H3. The summed E-state index contributed by atoms with van der Waals surface area (Å²) in [5, 5.41) is 0. The molecule has 1 aromatic rings. The number of ether oxygens (including phenoxy) is 2. The highest BCUT2D eigenvalue weighted by molar-refractivity contribution is 5.68. The maximum atomic E-state index is 12.0. The smallest absolute Gasteiger partial charge is 0.410 e. The van der Waals surface area contributed by atoms with Crippen LogP contribution in [0.15, 0.2) is 12.4 Å². The first-order valence-electron chi connectivity index (χ1n) is 7.52. The van der Waals surface area contributed by atoms with Crippen LogP contribution >= 0.6 is 0 Å². The van der Waals surface area contributed by atoms with Gasteiger partial charge in [0.15, 0.2) is 0 Å². The van der Waals surface area contributed by atoms with E-state index in [1.54, 1.807) is 4.90 Å². The summed E-state index contributed by atoms with van der Waals surface area (Å²) >= 11 is 0. The van der Waals surface area contributed by atoms with E-state index in [-0.39, 0.29) is 6.09 Å². The molecule has 1 fully saturated rings. The van der Waals surface area contributed by atoms with Crippen LogP contribution in [0.3, 0.4) is 0 Å². The number of likely N-dealkylation sites (tertiary alicyclic amines) is 1. The molecule has 7 nitrogen and oxygen atoms in total. The van der Waals surface area contributed by atoms with Crippen molar-refractivity contribution < 1.29 is 14.3 Å². The van der Waals surface area contributed by atoms with Crippen LogP contribution in [0.2, 0.25) is 0 Å². The van der Waals surface area contributed by atoms with Crippen LogP contribution in [0.4, 0.5) is 10.5 Å². The van der Waals surface area contributed by atoms with Gasteiger partial charge in [0.05, 0.1) is 24.7 Å². The zero-order chi connectivity index (χ0) is 16.2. The second-order valence-electron chi connectivity index (χ2n) is 6.52. The Kier molecular flexibility index (Phi) is 5.05. The van der Waals surface area contributed by atoms with Gasteiger partial charge in [-0.2, -0.15) is 0 Å². The fourth-order valence-corrected chi connectivity index (χ4v) is 2.20. The van der Waals surface area contributed by atoms with Gasteiger partial charge in [0.2, 0.25) is 0 Å². The van der Waals surface area contributed by atoms with Gasteiger partial charge in [-0.05, 0) is 39.5 Å². The quantitative estimate of drug-likeness (QED) is 0.919. The Morgan fingerprint density at radius 3 is 2.45 bits per heavy atom. The maximum absolute atomic E-state index is 12.0. The topological polar surface area (TPSA) is 90.6 Å². The summed E-state index contributed by atoms with van der Waals surface area (Å²) in [6.45, 7) is 7.54. The van der Waals surface area contributed by atoms with Crippen molar-refractivity contribution in [2.75, 3.05) is 25.4 Å². The summed E-state index contributed by atoms with van der Waals surface area (Å²) in [6, 6.07) is 0.337. The summed E-state index contributed by atoms with van der Waals surface area (Å²) in [7, 11) is 0. The highest BCUT2D eigenvalue weighted by atomic mass is 16.6. The van der Waals surface area contributed by atoms with Crippen molar-refractivity contribution in [1.82, 2.24) is 14.9 Å². The fraction of sp³-hybridized carbons (Fsp3) is 0.667. The van der Waals surface area contributed by atoms with Gasteiger partial charge in [0, 0.05) is 13.1 Å². The minimum atomic E-state index is -0.455. The summed E-state index contributed by atoms with van der Waals surface area (Å²) in [5.74, 6) is 0.389. The average molecular weight is 308 g/mol. The molecule has 0 atom stereocenters. The third-order valence-electron chi connectivity index (χ3n) is 3.36. The molecule has 0 unspecified atom stereocenters. The van der Waals surface area contributed by atoms with Gasteiger partial charge in [0.25, 0.3) is 0 Å². The molecule has 0 aromatic carbocycles. The normalized spacial score (nSPS) is 16.4. The largest absolute Gasteiger partial charge is 0.463 e. The van der Waals surface area contributed by atoms with Crippen LogP contribution in [0, 0.1) is 5.92 Å². The number of anilines is 1. The number of aromatic nitrogens is 2. The third-order valence-corrected chi connectivity index (χ3v) is 3.36. The Morgan fingerprint density at radius 2 is 1.91 bits per heavy atom. The van der Waals surface area contributed by atoms with Gasteiger partial charge < -0.3 is 20.1 Å². The number of hydrogen-bond acceptors (Lipinski definition) is 6. The number of piperidine rings is 1. The number of hydrogen-bond donors (Lipinski definition) is 1. The number of carbonyl (C=O) groups is 1. The third kappa shape index (κ3) is 5.05. The second-order valence-corrected chi connectivity index (χ2v) is 6.52. The molecule has 2 heterocycles. The van der Waals surface area contributed by atoms with Gasteiger partial charge in [-0.1, -0.05) is 0 Å². The summed E-state index contributed by atoms with van der Waals surface area (Å²) < 4.78 is 10.9. The molecule has 0 saturated carbocycles. The van der Waals surface area contributed by atoms with Crippen molar-refractivity contribution in [3.05, 3.63) is 12.4 Å². The molecule has 1 aromatic heterocycles.